The van der Waals surface area contributed by atoms with Crippen LogP contribution in [-0.2, 0) is 4.74 Å². The van der Waals surface area contributed by atoms with Crippen molar-refractivity contribution in [2.75, 3.05) is 31.1 Å². The highest BCUT2D eigenvalue weighted by molar-refractivity contribution is 5.89. The van der Waals surface area contributed by atoms with E-state index in [2.05, 4.69) is 22.3 Å². The first-order chi connectivity index (χ1) is 10.3. The van der Waals surface area contributed by atoms with Crippen LogP contribution in [-0.4, -0.2) is 38.3 Å². The van der Waals surface area contributed by atoms with Gasteiger partial charge in [-0.2, -0.15) is 0 Å². The van der Waals surface area contributed by atoms with Crippen molar-refractivity contribution < 1.29 is 9.53 Å². The van der Waals surface area contributed by atoms with E-state index in [1.54, 1.807) is 0 Å². The lowest BCUT2D eigenvalue weighted by molar-refractivity contribution is 0.0526. The summed E-state index contributed by atoms with van der Waals surface area (Å²) < 4.78 is 5.04. The highest BCUT2D eigenvalue weighted by Gasteiger charge is 2.33. The molecule has 3 rings (SSSR count). The monoisotopic (exact) mass is 288 g/mol. The summed E-state index contributed by atoms with van der Waals surface area (Å²) in [7, 11) is 0. The van der Waals surface area contributed by atoms with Crippen molar-refractivity contribution in [3.05, 3.63) is 29.8 Å². The van der Waals surface area contributed by atoms with Crippen molar-refractivity contribution in [2.45, 2.75) is 32.2 Å². The zero-order chi connectivity index (χ0) is 14.7. The topological polar surface area (TPSA) is 41.6 Å². The molecule has 1 unspecified atom stereocenters. The standard InChI is InChI=1S/C17H24N2O2/c1-2-21-17(20)14-6-8-15(9-7-14)19-11-10-18-12-16(19)13-4-3-5-13/h6-9,13,16,18H,2-5,10-12H2,1H3. The lowest BCUT2D eigenvalue weighted by atomic mass is 9.78. The molecule has 114 valence electrons. The van der Waals surface area contributed by atoms with Crippen molar-refractivity contribution in [1.29, 1.82) is 0 Å². The molecule has 0 amide bonds. The lowest BCUT2D eigenvalue weighted by Gasteiger charge is -2.45. The number of carbonyl (C=O) groups excluding carboxylic acids is 1. The molecule has 21 heavy (non-hydrogen) atoms. The van der Waals surface area contributed by atoms with E-state index >= 15 is 0 Å². The highest BCUT2D eigenvalue weighted by atomic mass is 16.5. The second kappa shape index (κ2) is 6.48. The summed E-state index contributed by atoms with van der Waals surface area (Å²) in [5, 5.41) is 3.51. The van der Waals surface area contributed by atoms with E-state index in [1.807, 2.05) is 19.1 Å². The minimum Gasteiger partial charge on any atom is -0.462 e. The van der Waals surface area contributed by atoms with E-state index in [0.717, 1.165) is 25.6 Å². The molecule has 1 atom stereocenters. The minimum atomic E-state index is -0.236. The number of anilines is 1. The summed E-state index contributed by atoms with van der Waals surface area (Å²) in [4.78, 5) is 14.2. The number of carbonyl (C=O) groups is 1. The van der Waals surface area contributed by atoms with Gasteiger partial charge in [-0.1, -0.05) is 6.42 Å². The third-order valence-corrected chi connectivity index (χ3v) is 4.69. The maximum atomic E-state index is 11.7. The van der Waals surface area contributed by atoms with Gasteiger partial charge in [0.05, 0.1) is 12.2 Å². The number of rotatable bonds is 4. The van der Waals surface area contributed by atoms with Gasteiger partial charge in [0, 0.05) is 31.4 Å². The normalized spacial score (nSPS) is 22.7. The van der Waals surface area contributed by atoms with E-state index in [1.165, 1.54) is 24.9 Å². The Kier molecular flexibility index (Phi) is 4.44. The summed E-state index contributed by atoms with van der Waals surface area (Å²) >= 11 is 0. The number of benzene rings is 1. The van der Waals surface area contributed by atoms with Gasteiger partial charge in [-0.15, -0.1) is 0 Å². The van der Waals surface area contributed by atoms with Crippen LogP contribution < -0.4 is 10.2 Å². The van der Waals surface area contributed by atoms with Crippen molar-refractivity contribution in [3.8, 4) is 0 Å². The predicted molar refractivity (Wildman–Crippen MR) is 83.7 cm³/mol. The molecule has 1 saturated heterocycles. The van der Waals surface area contributed by atoms with E-state index in [4.69, 9.17) is 4.74 Å². The highest BCUT2D eigenvalue weighted by Crippen LogP contribution is 2.34. The molecular formula is C17H24N2O2. The Morgan fingerprint density at radius 2 is 2.10 bits per heavy atom. The molecule has 0 bridgehead atoms. The molecule has 1 aromatic carbocycles. The van der Waals surface area contributed by atoms with E-state index in [-0.39, 0.29) is 5.97 Å². The summed E-state index contributed by atoms with van der Waals surface area (Å²) in [6, 6.07) is 8.48. The first-order valence-electron chi connectivity index (χ1n) is 8.04. The van der Waals surface area contributed by atoms with Crippen LogP contribution in [0, 0.1) is 5.92 Å². The lowest BCUT2D eigenvalue weighted by Crippen LogP contribution is -2.56. The molecule has 1 saturated carbocycles. The average Bonchev–Trinajstić information content (AvgIpc) is 2.47. The quantitative estimate of drug-likeness (QED) is 0.864. The van der Waals surface area contributed by atoms with Crippen molar-refractivity contribution >= 4 is 11.7 Å². The van der Waals surface area contributed by atoms with Gasteiger partial charge in [-0.3, -0.25) is 0 Å². The van der Waals surface area contributed by atoms with Gasteiger partial charge in [0.25, 0.3) is 0 Å². The summed E-state index contributed by atoms with van der Waals surface area (Å²) in [5.41, 5.74) is 1.86. The molecule has 4 heteroatoms. The minimum absolute atomic E-state index is 0.236. The molecule has 1 heterocycles. The van der Waals surface area contributed by atoms with Crippen LogP contribution in [0.25, 0.3) is 0 Å². The van der Waals surface area contributed by atoms with Gasteiger partial charge in [0.15, 0.2) is 0 Å². The molecule has 1 aliphatic carbocycles. The molecule has 2 aliphatic rings. The van der Waals surface area contributed by atoms with Crippen LogP contribution in [0.4, 0.5) is 5.69 Å². The summed E-state index contributed by atoms with van der Waals surface area (Å²) in [6.07, 6.45) is 4.07. The number of hydrogen-bond acceptors (Lipinski definition) is 4. The molecule has 2 fully saturated rings. The number of nitrogens with zero attached hydrogens (tertiary/aromatic N) is 1. The third-order valence-electron chi connectivity index (χ3n) is 4.69. The number of esters is 1. The van der Waals surface area contributed by atoms with Crippen LogP contribution in [0.2, 0.25) is 0 Å². The van der Waals surface area contributed by atoms with Crippen LogP contribution in [0.3, 0.4) is 0 Å². The predicted octanol–water partition coefficient (Wildman–Crippen LogP) is 2.44. The van der Waals surface area contributed by atoms with Crippen LogP contribution in [0.15, 0.2) is 24.3 Å². The molecular weight excluding hydrogens is 264 g/mol. The van der Waals surface area contributed by atoms with Crippen molar-refractivity contribution in [3.63, 3.8) is 0 Å². The Morgan fingerprint density at radius 3 is 2.71 bits per heavy atom. The Hall–Kier alpha value is -1.55. The number of nitrogens with one attached hydrogen (secondary N) is 1. The Balaban J connectivity index is 1.73. The fourth-order valence-corrected chi connectivity index (χ4v) is 3.30. The van der Waals surface area contributed by atoms with E-state index in [9.17, 15) is 4.79 Å². The van der Waals surface area contributed by atoms with E-state index < -0.39 is 0 Å². The van der Waals surface area contributed by atoms with Crippen molar-refractivity contribution in [2.24, 2.45) is 5.92 Å². The van der Waals surface area contributed by atoms with Gasteiger partial charge in [-0.25, -0.2) is 4.79 Å². The molecule has 0 radical (unpaired) electrons. The molecule has 1 aliphatic heterocycles. The van der Waals surface area contributed by atoms with Crippen LogP contribution in [0.1, 0.15) is 36.5 Å². The summed E-state index contributed by atoms with van der Waals surface area (Å²) in [6.45, 7) is 5.39. The van der Waals surface area contributed by atoms with Crippen molar-refractivity contribution in [1.82, 2.24) is 5.32 Å². The number of hydrogen-bond donors (Lipinski definition) is 1. The smallest absolute Gasteiger partial charge is 0.338 e. The molecule has 0 aromatic heterocycles. The Labute approximate surface area is 126 Å². The molecule has 4 nitrogen and oxygen atoms in total. The number of ether oxygens (including phenoxy) is 1. The molecule has 1 aromatic rings. The molecule has 0 spiro atoms. The number of piperazine rings is 1. The first-order valence-corrected chi connectivity index (χ1v) is 8.04. The Bertz CT molecular complexity index is 482. The zero-order valence-electron chi connectivity index (χ0n) is 12.7. The third kappa shape index (κ3) is 3.05. The zero-order valence-corrected chi connectivity index (χ0v) is 12.7. The van der Waals surface area contributed by atoms with Crippen LogP contribution in [0.5, 0.6) is 0 Å². The fraction of sp³-hybridized carbons (Fsp3) is 0.588. The van der Waals surface area contributed by atoms with Gasteiger partial charge in [-0.05, 0) is 49.9 Å². The van der Waals surface area contributed by atoms with E-state index in [0.29, 0.717) is 18.2 Å². The first kappa shape index (κ1) is 14.4. The second-order valence-corrected chi connectivity index (χ2v) is 5.92. The van der Waals surface area contributed by atoms with Crippen LogP contribution >= 0.6 is 0 Å². The fourth-order valence-electron chi connectivity index (χ4n) is 3.30. The van der Waals surface area contributed by atoms with Gasteiger partial charge in [0.2, 0.25) is 0 Å². The van der Waals surface area contributed by atoms with Gasteiger partial charge < -0.3 is 15.0 Å². The SMILES string of the molecule is CCOC(=O)c1ccc(N2CCNCC2C2CCC2)cc1. The summed E-state index contributed by atoms with van der Waals surface area (Å²) in [5.74, 6) is 0.586. The van der Waals surface area contributed by atoms with Gasteiger partial charge in [0.1, 0.15) is 0 Å². The maximum Gasteiger partial charge on any atom is 0.338 e. The Morgan fingerprint density at radius 1 is 1.33 bits per heavy atom. The maximum absolute atomic E-state index is 11.7. The molecule has 1 N–H and O–H groups in total. The van der Waals surface area contributed by atoms with Gasteiger partial charge >= 0.3 is 5.97 Å². The second-order valence-electron chi connectivity index (χ2n) is 5.92. The largest absolute Gasteiger partial charge is 0.462 e. The average molecular weight is 288 g/mol.